The Morgan fingerprint density at radius 1 is 0.450 bits per heavy atom. The van der Waals surface area contributed by atoms with E-state index in [9.17, 15) is 0 Å². The molecule has 0 saturated carbocycles. The van der Waals surface area contributed by atoms with Crippen LogP contribution in [0.4, 0.5) is 0 Å². The molecule has 5 rings (SSSR count). The van der Waals surface area contributed by atoms with Crippen molar-refractivity contribution >= 4 is 23.2 Å². The van der Waals surface area contributed by atoms with Crippen LogP contribution in [-0.2, 0) is 0 Å². The number of rotatable bonds is 10. The molecule has 5 aromatic rings. The summed E-state index contributed by atoms with van der Waals surface area (Å²) in [6.45, 7) is 0. The highest BCUT2D eigenvalue weighted by Gasteiger charge is 2.55. The van der Waals surface area contributed by atoms with Crippen LogP contribution in [0.3, 0.4) is 0 Å². The third-order valence-corrected chi connectivity index (χ3v) is 12.0. The van der Waals surface area contributed by atoms with Crippen LogP contribution in [0.2, 0.25) is 0 Å². The van der Waals surface area contributed by atoms with Gasteiger partial charge in [-0.05, 0) is 54.1 Å². The number of hydrogen-bond acceptors (Lipinski definition) is 4. The summed E-state index contributed by atoms with van der Waals surface area (Å²) in [4.78, 5) is 0. The zero-order valence-electron chi connectivity index (χ0n) is 23.3. The molecule has 4 nitrogen and oxygen atoms in total. The average molecular weight is 550 g/mol. The predicted octanol–water partition coefficient (Wildman–Crippen LogP) is 6.80. The molecule has 40 heavy (non-hydrogen) atoms. The van der Waals surface area contributed by atoms with Gasteiger partial charge in [0.2, 0.25) is 0 Å². The second-order valence-electron chi connectivity index (χ2n) is 9.35. The molecule has 0 amide bonds. The summed E-state index contributed by atoms with van der Waals surface area (Å²) < 4.78 is 23.4. The van der Waals surface area contributed by atoms with Crippen LogP contribution < -0.4 is 34.9 Å². The zero-order chi connectivity index (χ0) is 28.0. The molecule has 1 atom stereocenters. The fourth-order valence-electron chi connectivity index (χ4n) is 5.56. The maximum Gasteiger partial charge on any atom is 0.141 e. The summed E-state index contributed by atoms with van der Waals surface area (Å²) in [7, 11) is 4.28. The molecule has 0 spiro atoms. The Balaban J connectivity index is 2.00. The Bertz CT molecular complexity index is 1400. The van der Waals surface area contributed by atoms with Crippen molar-refractivity contribution in [2.45, 2.75) is 5.66 Å². The second kappa shape index (κ2) is 12.3. The first kappa shape index (κ1) is 27.3. The van der Waals surface area contributed by atoms with Gasteiger partial charge in [0.1, 0.15) is 51.8 Å². The average Bonchev–Trinajstić information content (AvgIpc) is 3.04. The molecule has 0 N–H and O–H groups in total. The molecule has 5 aromatic carbocycles. The molecule has 5 heteroatoms. The molecule has 0 bridgehead atoms. The Hall–Kier alpha value is -4.27. The van der Waals surface area contributed by atoms with Gasteiger partial charge in [-0.2, -0.15) is 0 Å². The maximum atomic E-state index is 6.11. The van der Waals surface area contributed by atoms with Crippen LogP contribution in [0.1, 0.15) is 16.8 Å². The van der Waals surface area contributed by atoms with Gasteiger partial charge in [-0.15, -0.1) is 0 Å². The molecular formula is C35H34O4P+. The number of benzene rings is 5. The quantitative estimate of drug-likeness (QED) is 0.180. The summed E-state index contributed by atoms with van der Waals surface area (Å²) >= 11 is 0. The topological polar surface area (TPSA) is 36.9 Å². The molecule has 0 aliphatic carbocycles. The van der Waals surface area contributed by atoms with Crippen LogP contribution in [-0.4, -0.2) is 28.4 Å². The highest BCUT2D eigenvalue weighted by molar-refractivity contribution is 7.96. The highest BCUT2D eigenvalue weighted by Crippen LogP contribution is 2.71. The lowest BCUT2D eigenvalue weighted by Gasteiger charge is -2.36. The lowest BCUT2D eigenvalue weighted by molar-refractivity contribution is 0.369. The largest absolute Gasteiger partial charge is 0.497 e. The second-order valence-corrected chi connectivity index (χ2v) is 12.9. The minimum absolute atomic E-state index is 0.165. The van der Waals surface area contributed by atoms with Crippen molar-refractivity contribution in [1.82, 2.24) is 0 Å². The third kappa shape index (κ3) is 4.92. The van der Waals surface area contributed by atoms with E-state index in [0.29, 0.717) is 17.2 Å². The van der Waals surface area contributed by atoms with Crippen molar-refractivity contribution < 1.29 is 18.9 Å². The van der Waals surface area contributed by atoms with Gasteiger partial charge in [0.05, 0.1) is 34.0 Å². The van der Waals surface area contributed by atoms with Crippen molar-refractivity contribution in [2.75, 3.05) is 28.4 Å². The van der Waals surface area contributed by atoms with Crippen molar-refractivity contribution in [3.63, 3.8) is 0 Å². The molecule has 0 aliphatic rings. The first-order chi connectivity index (χ1) is 19.7. The molecule has 202 valence electrons. The minimum atomic E-state index is -2.48. The Morgan fingerprint density at radius 2 is 0.850 bits per heavy atom. The van der Waals surface area contributed by atoms with E-state index in [1.807, 2.05) is 24.3 Å². The monoisotopic (exact) mass is 549 g/mol. The third-order valence-electron chi connectivity index (χ3n) is 7.34. The van der Waals surface area contributed by atoms with Gasteiger partial charge in [0, 0.05) is 12.1 Å². The van der Waals surface area contributed by atoms with Crippen molar-refractivity contribution in [2.24, 2.45) is 0 Å². The van der Waals surface area contributed by atoms with Gasteiger partial charge in [0.25, 0.3) is 0 Å². The molecular weight excluding hydrogens is 515 g/mol. The molecule has 0 heterocycles. The Morgan fingerprint density at radius 3 is 1.20 bits per heavy atom. The normalized spacial score (nSPS) is 11.9. The lowest BCUT2D eigenvalue weighted by Crippen LogP contribution is -2.36. The van der Waals surface area contributed by atoms with E-state index in [1.54, 1.807) is 28.4 Å². The van der Waals surface area contributed by atoms with E-state index in [-0.39, 0.29) is 5.66 Å². The van der Waals surface area contributed by atoms with Gasteiger partial charge in [0.15, 0.2) is 0 Å². The van der Waals surface area contributed by atoms with Gasteiger partial charge in [-0.25, -0.2) is 0 Å². The van der Waals surface area contributed by atoms with Crippen LogP contribution in [0.15, 0.2) is 127 Å². The Kier molecular flexibility index (Phi) is 8.38. The van der Waals surface area contributed by atoms with Crippen molar-refractivity contribution in [3.8, 4) is 23.0 Å². The van der Waals surface area contributed by atoms with Gasteiger partial charge in [-0.1, -0.05) is 66.7 Å². The van der Waals surface area contributed by atoms with Gasteiger partial charge >= 0.3 is 0 Å². The summed E-state index contributed by atoms with van der Waals surface area (Å²) in [5.41, 5.74) is 1.94. The number of ether oxygens (including phenoxy) is 4. The summed E-state index contributed by atoms with van der Waals surface area (Å²) in [6, 6.07) is 44.8. The highest BCUT2D eigenvalue weighted by atomic mass is 31.2. The lowest BCUT2D eigenvalue weighted by atomic mass is 10.0. The molecule has 1 unspecified atom stereocenters. The summed E-state index contributed by atoms with van der Waals surface area (Å²) in [6.07, 6.45) is 0. The summed E-state index contributed by atoms with van der Waals surface area (Å²) in [5.74, 6) is 2.90. The SMILES string of the molecule is COc1ccc(C(c2c(OC)cc(OC)cc2OC)[P+](c2ccccc2)(c2ccccc2)c2ccccc2)cc1. The maximum absolute atomic E-state index is 6.11. The van der Waals surface area contributed by atoms with Crippen LogP contribution in [0.25, 0.3) is 0 Å². The Labute approximate surface area is 237 Å². The molecule has 0 saturated heterocycles. The van der Waals surface area contributed by atoms with Crippen LogP contribution in [0, 0.1) is 0 Å². The van der Waals surface area contributed by atoms with Crippen molar-refractivity contribution in [3.05, 3.63) is 139 Å². The molecule has 0 fully saturated rings. The van der Waals surface area contributed by atoms with E-state index in [1.165, 1.54) is 15.9 Å². The predicted molar refractivity (Wildman–Crippen MR) is 166 cm³/mol. The van der Waals surface area contributed by atoms with Gasteiger partial charge in [-0.3, -0.25) is 0 Å². The van der Waals surface area contributed by atoms with E-state index in [0.717, 1.165) is 16.9 Å². The van der Waals surface area contributed by atoms with Crippen molar-refractivity contribution in [1.29, 1.82) is 0 Å². The minimum Gasteiger partial charge on any atom is -0.497 e. The fourth-order valence-corrected chi connectivity index (χ4v) is 10.5. The number of methoxy groups -OCH3 is 4. The van der Waals surface area contributed by atoms with Gasteiger partial charge < -0.3 is 18.9 Å². The van der Waals surface area contributed by atoms with E-state index < -0.39 is 7.26 Å². The van der Waals surface area contributed by atoms with Crippen LogP contribution >= 0.6 is 7.26 Å². The zero-order valence-corrected chi connectivity index (χ0v) is 24.2. The van der Waals surface area contributed by atoms with Crippen LogP contribution in [0.5, 0.6) is 23.0 Å². The number of hydrogen-bond donors (Lipinski definition) is 0. The molecule has 0 aliphatic heterocycles. The standard InChI is InChI=1S/C35H34O4P/c1-36-27-22-20-26(21-23-27)35(34-32(38-3)24-28(37-2)25-33(34)39-4)40(29-14-8-5-9-15-29,30-16-10-6-11-17-30)31-18-12-7-13-19-31/h5-25,35H,1-4H3/q+1. The summed E-state index contributed by atoms with van der Waals surface area (Å²) in [5, 5.41) is 3.77. The van der Waals surface area contributed by atoms with E-state index in [2.05, 4.69) is 103 Å². The smallest absolute Gasteiger partial charge is 0.141 e. The first-order valence-electron chi connectivity index (χ1n) is 13.2. The fraction of sp³-hybridized carbons (Fsp3) is 0.143. The first-order valence-corrected chi connectivity index (χ1v) is 15.0. The van der Waals surface area contributed by atoms with E-state index >= 15 is 0 Å². The molecule has 0 radical (unpaired) electrons. The van der Waals surface area contributed by atoms with E-state index in [4.69, 9.17) is 18.9 Å². The molecule has 0 aromatic heterocycles.